The first-order chi connectivity index (χ1) is 13.4. The average molecular weight is 398 g/mol. The fourth-order valence-corrected chi connectivity index (χ4v) is 3.00. The molecule has 0 aliphatic rings. The van der Waals surface area contributed by atoms with Crippen molar-refractivity contribution in [2.45, 2.75) is 25.5 Å². The highest BCUT2D eigenvalue weighted by atomic mass is 32.2. The molecule has 0 fully saturated rings. The van der Waals surface area contributed by atoms with Crippen LogP contribution < -0.4 is 5.32 Å². The molecule has 1 amide bonds. The summed E-state index contributed by atoms with van der Waals surface area (Å²) < 4.78 is 5.56. The number of rotatable bonds is 7. The number of nitrogens with one attached hydrogen (secondary N) is 1. The number of carbonyl (C=O) groups excluding carboxylic acids is 1. The molecule has 0 aliphatic heterocycles. The number of non-ortho nitro benzene ring substituents is 1. The molecule has 0 aliphatic carbocycles. The smallest absolute Gasteiger partial charge is 0.277 e. The van der Waals surface area contributed by atoms with E-state index < -0.39 is 4.92 Å². The van der Waals surface area contributed by atoms with Crippen molar-refractivity contribution < 1.29 is 14.1 Å². The third-order valence-corrected chi connectivity index (χ3v) is 4.78. The van der Waals surface area contributed by atoms with Crippen molar-refractivity contribution in [2.24, 2.45) is 0 Å². The van der Waals surface area contributed by atoms with E-state index >= 15 is 0 Å². The van der Waals surface area contributed by atoms with Crippen LogP contribution in [-0.2, 0) is 11.2 Å². The van der Waals surface area contributed by atoms with Crippen LogP contribution in [0.15, 0.2) is 52.1 Å². The Morgan fingerprint density at radius 2 is 1.93 bits per heavy atom. The summed E-state index contributed by atoms with van der Waals surface area (Å²) in [6.07, 6.45) is 0.521. The SMILES string of the molecule is Cc1ccc(Cc2nnc(SCC(=O)Nc3cc([N+](=O)[O-])ccc3C)o2)cc1. The van der Waals surface area contributed by atoms with Crippen molar-refractivity contribution in [3.63, 3.8) is 0 Å². The lowest BCUT2D eigenvalue weighted by atomic mass is 10.1. The van der Waals surface area contributed by atoms with Gasteiger partial charge >= 0.3 is 0 Å². The van der Waals surface area contributed by atoms with Gasteiger partial charge in [-0.2, -0.15) is 0 Å². The second-order valence-electron chi connectivity index (χ2n) is 6.22. The number of hydrogen-bond donors (Lipinski definition) is 1. The van der Waals surface area contributed by atoms with E-state index in [1.54, 1.807) is 13.0 Å². The zero-order chi connectivity index (χ0) is 20.1. The molecule has 3 rings (SSSR count). The number of aryl methyl sites for hydroxylation is 2. The van der Waals surface area contributed by atoms with Crippen molar-refractivity contribution in [3.8, 4) is 0 Å². The molecule has 1 heterocycles. The van der Waals surface area contributed by atoms with Crippen LogP contribution in [0.5, 0.6) is 0 Å². The van der Waals surface area contributed by atoms with Crippen LogP contribution in [-0.4, -0.2) is 26.8 Å². The van der Waals surface area contributed by atoms with Gasteiger partial charge in [-0.25, -0.2) is 0 Å². The van der Waals surface area contributed by atoms with Gasteiger partial charge in [0.05, 0.1) is 22.8 Å². The fourth-order valence-electron chi connectivity index (χ4n) is 2.42. The van der Waals surface area contributed by atoms with Crippen LogP contribution >= 0.6 is 11.8 Å². The molecule has 1 N–H and O–H groups in total. The third-order valence-electron chi connectivity index (χ3n) is 3.96. The largest absolute Gasteiger partial charge is 0.416 e. The predicted octanol–water partition coefficient (Wildman–Crippen LogP) is 3.92. The second-order valence-corrected chi connectivity index (χ2v) is 7.14. The summed E-state index contributed by atoms with van der Waals surface area (Å²) in [6.45, 7) is 3.78. The van der Waals surface area contributed by atoms with E-state index in [0.717, 1.165) is 22.9 Å². The number of amides is 1. The number of aromatic nitrogens is 2. The van der Waals surface area contributed by atoms with Gasteiger partial charge in [0, 0.05) is 12.1 Å². The Bertz CT molecular complexity index is 1000. The van der Waals surface area contributed by atoms with Gasteiger partial charge in [0.25, 0.3) is 10.9 Å². The Morgan fingerprint density at radius 1 is 1.18 bits per heavy atom. The number of anilines is 1. The number of nitro groups is 1. The maximum Gasteiger partial charge on any atom is 0.277 e. The molecule has 9 heteroatoms. The van der Waals surface area contributed by atoms with Crippen LogP contribution in [0.3, 0.4) is 0 Å². The monoisotopic (exact) mass is 398 g/mol. The highest BCUT2D eigenvalue weighted by Crippen LogP contribution is 2.23. The number of hydrogen-bond acceptors (Lipinski definition) is 7. The predicted molar refractivity (Wildman–Crippen MR) is 105 cm³/mol. The molecule has 0 atom stereocenters. The van der Waals surface area contributed by atoms with E-state index in [1.165, 1.54) is 17.7 Å². The standard InChI is InChI=1S/C19H18N4O4S/c1-12-3-6-14(7-4-12)9-18-21-22-19(27-18)28-11-17(24)20-16-10-15(23(25)26)8-5-13(16)2/h3-8,10H,9,11H2,1-2H3,(H,20,24). The Labute approximate surface area is 165 Å². The summed E-state index contributed by atoms with van der Waals surface area (Å²) >= 11 is 1.11. The number of thioether (sulfide) groups is 1. The van der Waals surface area contributed by atoms with Crippen molar-refractivity contribution in [1.29, 1.82) is 0 Å². The van der Waals surface area contributed by atoms with Gasteiger partial charge in [0.1, 0.15) is 0 Å². The first-order valence-electron chi connectivity index (χ1n) is 8.46. The van der Waals surface area contributed by atoms with Gasteiger partial charge in [-0.05, 0) is 25.0 Å². The number of nitrogens with zero attached hydrogens (tertiary/aromatic N) is 3. The number of carbonyl (C=O) groups is 1. The summed E-state index contributed by atoms with van der Waals surface area (Å²) in [5, 5.41) is 21.8. The first kappa shape index (κ1) is 19.6. The van der Waals surface area contributed by atoms with E-state index in [2.05, 4.69) is 15.5 Å². The molecule has 1 aromatic heterocycles. The van der Waals surface area contributed by atoms with Crippen LogP contribution in [0, 0.1) is 24.0 Å². The molecule has 28 heavy (non-hydrogen) atoms. The molecular formula is C19H18N4O4S. The maximum absolute atomic E-state index is 12.2. The van der Waals surface area contributed by atoms with Crippen LogP contribution in [0.4, 0.5) is 11.4 Å². The molecule has 3 aromatic rings. The summed E-state index contributed by atoms with van der Waals surface area (Å²) in [6, 6.07) is 12.4. The van der Waals surface area contributed by atoms with Crippen molar-refractivity contribution in [3.05, 3.63) is 75.2 Å². The first-order valence-corrected chi connectivity index (χ1v) is 9.45. The molecule has 0 bridgehead atoms. The Balaban J connectivity index is 1.55. The number of nitro benzene ring substituents is 1. The summed E-state index contributed by atoms with van der Waals surface area (Å²) in [5.41, 5.74) is 3.30. The quantitative estimate of drug-likeness (QED) is 0.365. The topological polar surface area (TPSA) is 111 Å². The zero-order valence-corrected chi connectivity index (χ0v) is 16.2. The van der Waals surface area contributed by atoms with Gasteiger partial charge in [-0.3, -0.25) is 14.9 Å². The third kappa shape index (κ3) is 5.17. The average Bonchev–Trinajstić information content (AvgIpc) is 3.11. The van der Waals surface area contributed by atoms with Crippen molar-refractivity contribution in [2.75, 3.05) is 11.1 Å². The Morgan fingerprint density at radius 3 is 2.64 bits per heavy atom. The Hall–Kier alpha value is -3.20. The summed E-state index contributed by atoms with van der Waals surface area (Å²) in [5.74, 6) is 0.210. The lowest BCUT2D eigenvalue weighted by Crippen LogP contribution is -2.15. The zero-order valence-electron chi connectivity index (χ0n) is 15.3. The molecule has 8 nitrogen and oxygen atoms in total. The molecule has 0 unspecified atom stereocenters. The minimum atomic E-state index is -0.502. The minimum Gasteiger partial charge on any atom is -0.416 e. The Kier molecular flexibility index (Phi) is 6.05. The molecule has 0 radical (unpaired) electrons. The maximum atomic E-state index is 12.2. The van der Waals surface area contributed by atoms with Gasteiger partial charge in [0.15, 0.2) is 0 Å². The summed E-state index contributed by atoms with van der Waals surface area (Å²) in [7, 11) is 0. The molecule has 2 aromatic carbocycles. The van der Waals surface area contributed by atoms with E-state index in [-0.39, 0.29) is 17.3 Å². The lowest BCUT2D eigenvalue weighted by Gasteiger charge is -2.07. The molecule has 0 saturated carbocycles. The van der Waals surface area contributed by atoms with Gasteiger partial charge in [-0.15, -0.1) is 10.2 Å². The molecule has 0 saturated heterocycles. The fraction of sp³-hybridized carbons (Fsp3) is 0.211. The molecule has 144 valence electrons. The highest BCUT2D eigenvalue weighted by Gasteiger charge is 2.13. The van der Waals surface area contributed by atoms with Gasteiger partial charge < -0.3 is 9.73 Å². The van der Waals surface area contributed by atoms with Crippen LogP contribution in [0.1, 0.15) is 22.6 Å². The van der Waals surface area contributed by atoms with Crippen LogP contribution in [0.2, 0.25) is 0 Å². The normalized spacial score (nSPS) is 10.6. The van der Waals surface area contributed by atoms with Gasteiger partial charge in [-0.1, -0.05) is 47.7 Å². The second kappa shape index (κ2) is 8.66. The van der Waals surface area contributed by atoms with E-state index in [4.69, 9.17) is 4.42 Å². The number of benzene rings is 2. The van der Waals surface area contributed by atoms with Crippen molar-refractivity contribution in [1.82, 2.24) is 10.2 Å². The highest BCUT2D eigenvalue weighted by molar-refractivity contribution is 7.99. The lowest BCUT2D eigenvalue weighted by molar-refractivity contribution is -0.384. The minimum absolute atomic E-state index is 0.0499. The molecular weight excluding hydrogens is 380 g/mol. The molecule has 0 spiro atoms. The van der Waals surface area contributed by atoms with E-state index in [1.807, 2.05) is 31.2 Å². The van der Waals surface area contributed by atoms with Gasteiger partial charge in [0.2, 0.25) is 11.8 Å². The van der Waals surface area contributed by atoms with E-state index in [0.29, 0.717) is 23.2 Å². The van der Waals surface area contributed by atoms with Crippen LogP contribution in [0.25, 0.3) is 0 Å². The summed E-state index contributed by atoms with van der Waals surface area (Å²) in [4.78, 5) is 22.5. The van der Waals surface area contributed by atoms with Crippen molar-refractivity contribution >= 4 is 29.0 Å². The van der Waals surface area contributed by atoms with E-state index in [9.17, 15) is 14.9 Å².